The Bertz CT molecular complexity index is 399. The van der Waals surface area contributed by atoms with Gasteiger partial charge in [-0.3, -0.25) is 4.79 Å². The first-order chi connectivity index (χ1) is 7.52. The molecule has 6 heteroatoms. The van der Waals surface area contributed by atoms with Gasteiger partial charge in [0.25, 0.3) is 5.91 Å². The lowest BCUT2D eigenvalue weighted by atomic mass is 10.2. The third-order valence-corrected chi connectivity index (χ3v) is 2.41. The average Bonchev–Trinajstić information content (AvgIpc) is 2.22. The highest BCUT2D eigenvalue weighted by molar-refractivity contribution is 6.38. The molecule has 1 aromatic rings. The summed E-state index contributed by atoms with van der Waals surface area (Å²) in [4.78, 5) is 11.0. The predicted octanol–water partition coefficient (Wildman–Crippen LogP) is 1.82. The van der Waals surface area contributed by atoms with E-state index in [4.69, 9.17) is 28.3 Å². The number of nitrogens with one attached hydrogen (secondary N) is 1. The van der Waals surface area contributed by atoms with Crippen molar-refractivity contribution in [3.63, 3.8) is 0 Å². The van der Waals surface area contributed by atoms with Gasteiger partial charge in [-0.1, -0.05) is 29.3 Å². The van der Waals surface area contributed by atoms with E-state index in [1.807, 2.05) is 0 Å². The first kappa shape index (κ1) is 13.0. The van der Waals surface area contributed by atoms with E-state index in [-0.39, 0.29) is 0 Å². The van der Waals surface area contributed by atoms with Gasteiger partial charge in [0, 0.05) is 5.56 Å². The minimum Gasteiger partial charge on any atom is -0.383 e. The number of carbonyl (C=O) groups is 1. The standard InChI is InChI=1S/C10H10Cl2N2O2/c1-6(15)10(16)14-13-5-7-8(11)3-2-4-9(7)12/h2-6,15H,1H3,(H,14,16)/b13-5-/t6-/m0/s1. The lowest BCUT2D eigenvalue weighted by Gasteiger charge is -2.02. The van der Waals surface area contributed by atoms with Crippen LogP contribution in [-0.2, 0) is 4.79 Å². The van der Waals surface area contributed by atoms with E-state index in [2.05, 4.69) is 10.5 Å². The van der Waals surface area contributed by atoms with Crippen molar-refractivity contribution in [2.75, 3.05) is 0 Å². The molecule has 1 atom stereocenters. The topological polar surface area (TPSA) is 61.7 Å². The van der Waals surface area contributed by atoms with Gasteiger partial charge >= 0.3 is 0 Å². The number of aliphatic hydroxyl groups is 1. The van der Waals surface area contributed by atoms with Gasteiger partial charge in [0.15, 0.2) is 0 Å². The molecular weight excluding hydrogens is 251 g/mol. The van der Waals surface area contributed by atoms with Gasteiger partial charge in [0.1, 0.15) is 6.10 Å². The molecule has 86 valence electrons. The summed E-state index contributed by atoms with van der Waals surface area (Å²) in [6.45, 7) is 1.34. The molecule has 16 heavy (non-hydrogen) atoms. The number of aliphatic hydroxyl groups excluding tert-OH is 1. The Hall–Kier alpha value is -1.10. The van der Waals surface area contributed by atoms with Crippen molar-refractivity contribution in [3.05, 3.63) is 33.8 Å². The third kappa shape index (κ3) is 3.48. The Kier molecular flexibility index (Phi) is 4.73. The molecule has 0 aliphatic rings. The minimum absolute atomic E-state index is 0.433. The van der Waals surface area contributed by atoms with Crippen LogP contribution in [0, 0.1) is 0 Å². The molecule has 1 amide bonds. The maximum absolute atomic E-state index is 11.0. The SMILES string of the molecule is C[C@H](O)C(=O)N/N=C\c1c(Cl)cccc1Cl. The zero-order valence-electron chi connectivity index (χ0n) is 8.45. The highest BCUT2D eigenvalue weighted by Crippen LogP contribution is 2.21. The summed E-state index contributed by atoms with van der Waals surface area (Å²) in [5.41, 5.74) is 2.66. The zero-order chi connectivity index (χ0) is 12.1. The second-order valence-corrected chi connectivity index (χ2v) is 3.86. The molecule has 0 aliphatic carbocycles. The van der Waals surface area contributed by atoms with Crippen LogP contribution in [0.1, 0.15) is 12.5 Å². The number of hydrazone groups is 1. The van der Waals surface area contributed by atoms with Crippen LogP contribution in [0.5, 0.6) is 0 Å². The van der Waals surface area contributed by atoms with Crippen LogP contribution in [0.15, 0.2) is 23.3 Å². The number of hydrogen-bond donors (Lipinski definition) is 2. The highest BCUT2D eigenvalue weighted by atomic mass is 35.5. The monoisotopic (exact) mass is 260 g/mol. The smallest absolute Gasteiger partial charge is 0.268 e. The fourth-order valence-electron chi connectivity index (χ4n) is 0.888. The molecule has 0 aliphatic heterocycles. The summed E-state index contributed by atoms with van der Waals surface area (Å²) < 4.78 is 0. The largest absolute Gasteiger partial charge is 0.383 e. The Labute approximate surface area is 103 Å². The summed E-state index contributed by atoms with van der Waals surface area (Å²) >= 11 is 11.7. The van der Waals surface area contributed by atoms with Crippen LogP contribution in [0.4, 0.5) is 0 Å². The predicted molar refractivity (Wildman–Crippen MR) is 63.9 cm³/mol. The number of benzene rings is 1. The van der Waals surface area contributed by atoms with E-state index >= 15 is 0 Å². The molecule has 4 nitrogen and oxygen atoms in total. The molecule has 0 spiro atoms. The Morgan fingerprint density at radius 2 is 2.06 bits per heavy atom. The maximum atomic E-state index is 11.0. The van der Waals surface area contributed by atoms with Crippen molar-refractivity contribution in [2.24, 2.45) is 5.10 Å². The third-order valence-electron chi connectivity index (χ3n) is 1.75. The summed E-state index contributed by atoms with van der Waals surface area (Å²) in [6, 6.07) is 5.02. The van der Waals surface area contributed by atoms with Gasteiger partial charge in [0.05, 0.1) is 16.3 Å². The van der Waals surface area contributed by atoms with Gasteiger partial charge in [-0.05, 0) is 19.1 Å². The molecule has 0 unspecified atom stereocenters. The van der Waals surface area contributed by atoms with Crippen LogP contribution >= 0.6 is 23.2 Å². The van der Waals surface area contributed by atoms with Gasteiger partial charge in [-0.15, -0.1) is 0 Å². The first-order valence-electron chi connectivity index (χ1n) is 4.47. The molecule has 0 saturated carbocycles. The van der Waals surface area contributed by atoms with Crippen LogP contribution in [0.25, 0.3) is 0 Å². The molecule has 1 rings (SSSR count). The summed E-state index contributed by atoms with van der Waals surface area (Å²) in [5, 5.41) is 13.4. The van der Waals surface area contributed by atoms with E-state index in [0.29, 0.717) is 15.6 Å². The summed E-state index contributed by atoms with van der Waals surface area (Å²) in [5.74, 6) is -0.598. The molecule has 1 aromatic carbocycles. The van der Waals surface area contributed by atoms with Gasteiger partial charge in [-0.2, -0.15) is 5.10 Å². The normalized spacial score (nSPS) is 12.8. The van der Waals surface area contributed by atoms with Crippen LogP contribution in [-0.4, -0.2) is 23.3 Å². The molecule has 0 bridgehead atoms. The zero-order valence-corrected chi connectivity index (χ0v) is 9.96. The van der Waals surface area contributed by atoms with Crippen LogP contribution < -0.4 is 5.43 Å². The van der Waals surface area contributed by atoms with Crippen LogP contribution in [0.2, 0.25) is 10.0 Å². The van der Waals surface area contributed by atoms with Crippen molar-refractivity contribution in [2.45, 2.75) is 13.0 Å². The van der Waals surface area contributed by atoms with Crippen molar-refractivity contribution >= 4 is 35.3 Å². The molecule has 0 radical (unpaired) electrons. The molecule has 0 fully saturated rings. The molecule has 2 N–H and O–H groups in total. The van der Waals surface area contributed by atoms with Crippen molar-refractivity contribution < 1.29 is 9.90 Å². The van der Waals surface area contributed by atoms with Gasteiger partial charge in [-0.25, -0.2) is 5.43 Å². The van der Waals surface area contributed by atoms with E-state index in [9.17, 15) is 4.79 Å². The van der Waals surface area contributed by atoms with Gasteiger partial charge < -0.3 is 5.11 Å². The average molecular weight is 261 g/mol. The molecular formula is C10H10Cl2N2O2. The van der Waals surface area contributed by atoms with Crippen molar-refractivity contribution in [3.8, 4) is 0 Å². The number of rotatable bonds is 3. The van der Waals surface area contributed by atoms with E-state index in [1.54, 1.807) is 18.2 Å². The highest BCUT2D eigenvalue weighted by Gasteiger charge is 2.06. The fourth-order valence-corrected chi connectivity index (χ4v) is 1.38. The van der Waals surface area contributed by atoms with Gasteiger partial charge in [0.2, 0.25) is 0 Å². The Morgan fingerprint density at radius 3 is 2.56 bits per heavy atom. The maximum Gasteiger partial charge on any atom is 0.268 e. The second kappa shape index (κ2) is 5.84. The van der Waals surface area contributed by atoms with E-state index in [0.717, 1.165) is 0 Å². The molecule has 0 heterocycles. The first-order valence-corrected chi connectivity index (χ1v) is 5.23. The number of amides is 1. The summed E-state index contributed by atoms with van der Waals surface area (Å²) in [6.07, 6.45) is 0.212. The van der Waals surface area contributed by atoms with E-state index < -0.39 is 12.0 Å². The molecule has 0 saturated heterocycles. The minimum atomic E-state index is -1.11. The lowest BCUT2D eigenvalue weighted by molar-refractivity contribution is -0.128. The summed E-state index contributed by atoms with van der Waals surface area (Å²) in [7, 11) is 0. The van der Waals surface area contributed by atoms with E-state index in [1.165, 1.54) is 13.1 Å². The van der Waals surface area contributed by atoms with Crippen molar-refractivity contribution in [1.29, 1.82) is 0 Å². The number of hydrogen-bond acceptors (Lipinski definition) is 3. The number of carbonyl (C=O) groups excluding carboxylic acids is 1. The van der Waals surface area contributed by atoms with Crippen LogP contribution in [0.3, 0.4) is 0 Å². The lowest BCUT2D eigenvalue weighted by Crippen LogP contribution is -2.28. The Balaban J connectivity index is 2.74. The quantitative estimate of drug-likeness (QED) is 0.644. The fraction of sp³-hybridized carbons (Fsp3) is 0.200. The Morgan fingerprint density at radius 1 is 1.50 bits per heavy atom. The molecule has 0 aromatic heterocycles. The number of nitrogens with zero attached hydrogens (tertiary/aromatic N) is 1. The van der Waals surface area contributed by atoms with Crippen molar-refractivity contribution in [1.82, 2.24) is 5.43 Å². The number of halogens is 2. The second-order valence-electron chi connectivity index (χ2n) is 3.05.